The molecule has 4 nitrogen and oxygen atoms in total. The Morgan fingerprint density at radius 1 is 1.20 bits per heavy atom. The highest BCUT2D eigenvalue weighted by Gasteiger charge is 2.22. The van der Waals surface area contributed by atoms with E-state index in [-0.39, 0.29) is 21.6 Å². The number of H-pyrrole nitrogens is 1. The number of nitrogens with zero attached hydrogens (tertiary/aromatic N) is 1. The number of anilines is 1. The largest absolute Gasteiger partial charge is 0.452 e. The van der Waals surface area contributed by atoms with Gasteiger partial charge in [-0.1, -0.05) is 17.7 Å². The van der Waals surface area contributed by atoms with Crippen molar-refractivity contribution >= 4 is 29.0 Å². The molecule has 0 saturated carbocycles. The van der Waals surface area contributed by atoms with E-state index in [2.05, 4.69) is 10.2 Å². The van der Waals surface area contributed by atoms with E-state index in [4.69, 9.17) is 33.4 Å². The molecule has 0 amide bonds. The summed E-state index contributed by atoms with van der Waals surface area (Å²) in [4.78, 5) is 0. The lowest BCUT2D eigenvalue weighted by molar-refractivity contribution is 0.570. The van der Waals surface area contributed by atoms with Crippen molar-refractivity contribution < 1.29 is 8.81 Å². The van der Waals surface area contributed by atoms with Gasteiger partial charge in [-0.3, -0.25) is 5.10 Å². The minimum absolute atomic E-state index is 0.129. The first-order chi connectivity index (χ1) is 9.59. The van der Waals surface area contributed by atoms with E-state index < -0.39 is 5.82 Å². The summed E-state index contributed by atoms with van der Waals surface area (Å²) in [6.07, 6.45) is 1.42. The lowest BCUT2D eigenvalue weighted by Crippen LogP contribution is -1.92. The molecule has 3 rings (SSSR count). The molecule has 0 spiro atoms. The van der Waals surface area contributed by atoms with Crippen LogP contribution in [-0.2, 0) is 0 Å². The summed E-state index contributed by atoms with van der Waals surface area (Å²) in [5.41, 5.74) is 7.34. The average molecular weight is 312 g/mol. The van der Waals surface area contributed by atoms with E-state index in [9.17, 15) is 4.39 Å². The molecular weight excluding hydrogens is 304 g/mol. The van der Waals surface area contributed by atoms with Gasteiger partial charge in [0.1, 0.15) is 5.82 Å². The Balaban J connectivity index is 2.31. The van der Waals surface area contributed by atoms with Gasteiger partial charge in [-0.05, 0) is 29.8 Å². The smallest absolute Gasteiger partial charge is 0.202 e. The van der Waals surface area contributed by atoms with Gasteiger partial charge in [-0.2, -0.15) is 5.10 Å². The highest BCUT2D eigenvalue weighted by atomic mass is 35.5. The minimum atomic E-state index is -0.494. The molecule has 20 heavy (non-hydrogen) atoms. The van der Waals surface area contributed by atoms with E-state index >= 15 is 0 Å². The first kappa shape index (κ1) is 13.0. The number of nitrogen functional groups attached to an aromatic ring is 1. The van der Waals surface area contributed by atoms with Gasteiger partial charge in [0.05, 0.1) is 28.1 Å². The van der Waals surface area contributed by atoms with Gasteiger partial charge in [0.25, 0.3) is 0 Å². The number of nitrogens with one attached hydrogen (secondary N) is 1. The predicted octanol–water partition coefficient (Wildman–Crippen LogP) is 4.36. The number of rotatable bonds is 2. The topological polar surface area (TPSA) is 67.8 Å². The molecule has 0 radical (unpaired) electrons. The highest BCUT2D eigenvalue weighted by molar-refractivity contribution is 6.34. The second kappa shape index (κ2) is 4.85. The van der Waals surface area contributed by atoms with Crippen LogP contribution >= 0.6 is 23.2 Å². The third kappa shape index (κ3) is 1.95. The number of halogens is 3. The summed E-state index contributed by atoms with van der Waals surface area (Å²) >= 11 is 12.0. The molecule has 3 aromatic rings. The van der Waals surface area contributed by atoms with Gasteiger partial charge in [0.2, 0.25) is 5.22 Å². The number of hydrogen-bond donors (Lipinski definition) is 2. The molecular formula is C13H8Cl2FN3O. The molecule has 0 atom stereocenters. The fourth-order valence-corrected chi connectivity index (χ4v) is 2.48. The molecule has 0 aliphatic heterocycles. The van der Waals surface area contributed by atoms with Crippen LogP contribution in [0, 0.1) is 5.82 Å². The summed E-state index contributed by atoms with van der Waals surface area (Å²) in [6.45, 7) is 0. The third-order valence-electron chi connectivity index (χ3n) is 2.89. The SMILES string of the molecule is Nc1n[nH]c(-c2ccoc2Cl)c1-c1c(F)cccc1Cl. The van der Waals surface area contributed by atoms with Crippen molar-refractivity contribution in [3.05, 3.63) is 46.6 Å². The fourth-order valence-electron chi connectivity index (χ4n) is 2.01. The van der Waals surface area contributed by atoms with Crippen molar-refractivity contribution in [2.75, 3.05) is 5.73 Å². The van der Waals surface area contributed by atoms with E-state index in [1.54, 1.807) is 12.1 Å². The fraction of sp³-hybridized carbons (Fsp3) is 0. The Morgan fingerprint density at radius 3 is 2.65 bits per heavy atom. The zero-order valence-electron chi connectivity index (χ0n) is 9.95. The summed E-state index contributed by atoms with van der Waals surface area (Å²) < 4.78 is 19.1. The summed E-state index contributed by atoms with van der Waals surface area (Å²) in [6, 6.07) is 6.02. The van der Waals surface area contributed by atoms with Gasteiger partial charge in [0, 0.05) is 5.56 Å². The lowest BCUT2D eigenvalue weighted by Gasteiger charge is -2.07. The highest BCUT2D eigenvalue weighted by Crippen LogP contribution is 2.41. The first-order valence-corrected chi connectivity index (χ1v) is 6.36. The standard InChI is InChI=1S/C13H8Cl2FN3O/c14-7-2-1-3-8(16)9(7)10-11(18-19-13(10)17)6-4-5-20-12(6)15/h1-5H,(H3,17,18,19). The van der Waals surface area contributed by atoms with Crippen LogP contribution in [0.5, 0.6) is 0 Å². The quantitative estimate of drug-likeness (QED) is 0.738. The molecule has 102 valence electrons. The zero-order chi connectivity index (χ0) is 14.3. The van der Waals surface area contributed by atoms with Crippen LogP contribution in [0.15, 0.2) is 34.9 Å². The van der Waals surface area contributed by atoms with Crippen molar-refractivity contribution in [1.29, 1.82) is 0 Å². The second-order valence-electron chi connectivity index (χ2n) is 4.06. The van der Waals surface area contributed by atoms with Crippen LogP contribution in [0.25, 0.3) is 22.4 Å². The Hall–Kier alpha value is -1.98. The van der Waals surface area contributed by atoms with Crippen molar-refractivity contribution in [3.8, 4) is 22.4 Å². The Morgan fingerprint density at radius 2 is 2.00 bits per heavy atom. The molecule has 2 aromatic heterocycles. The van der Waals surface area contributed by atoms with Crippen LogP contribution in [-0.4, -0.2) is 10.2 Å². The average Bonchev–Trinajstić information content (AvgIpc) is 2.97. The van der Waals surface area contributed by atoms with E-state index in [0.29, 0.717) is 16.8 Å². The van der Waals surface area contributed by atoms with Crippen LogP contribution in [0.1, 0.15) is 0 Å². The number of hydrogen-bond acceptors (Lipinski definition) is 3. The van der Waals surface area contributed by atoms with Crippen LogP contribution in [0.3, 0.4) is 0 Å². The second-order valence-corrected chi connectivity index (χ2v) is 4.81. The number of furan rings is 1. The summed E-state index contributed by atoms with van der Waals surface area (Å²) in [5.74, 6) is -0.365. The molecule has 7 heteroatoms. The Bertz CT molecular complexity index is 762. The van der Waals surface area contributed by atoms with Crippen molar-refractivity contribution in [3.63, 3.8) is 0 Å². The van der Waals surface area contributed by atoms with E-state index in [1.807, 2.05) is 0 Å². The maximum atomic E-state index is 14.1. The van der Waals surface area contributed by atoms with Crippen LogP contribution in [0.4, 0.5) is 10.2 Å². The van der Waals surface area contributed by atoms with Crippen molar-refractivity contribution in [2.24, 2.45) is 0 Å². The summed E-state index contributed by atoms with van der Waals surface area (Å²) in [7, 11) is 0. The number of benzene rings is 1. The molecule has 0 aliphatic rings. The summed E-state index contributed by atoms with van der Waals surface area (Å²) in [5, 5.41) is 7.01. The molecule has 0 bridgehead atoms. The van der Waals surface area contributed by atoms with Gasteiger partial charge < -0.3 is 10.2 Å². The van der Waals surface area contributed by atoms with Crippen LogP contribution in [0.2, 0.25) is 10.2 Å². The molecule has 0 fully saturated rings. The van der Waals surface area contributed by atoms with Crippen molar-refractivity contribution in [2.45, 2.75) is 0 Å². The van der Waals surface area contributed by atoms with Crippen LogP contribution < -0.4 is 5.73 Å². The number of aromatic amines is 1. The van der Waals surface area contributed by atoms with Gasteiger partial charge in [0.15, 0.2) is 5.82 Å². The normalized spacial score (nSPS) is 10.9. The van der Waals surface area contributed by atoms with Gasteiger partial charge >= 0.3 is 0 Å². The molecule has 2 heterocycles. The zero-order valence-corrected chi connectivity index (χ0v) is 11.5. The van der Waals surface area contributed by atoms with E-state index in [1.165, 1.54) is 18.4 Å². The lowest BCUT2D eigenvalue weighted by atomic mass is 10.0. The van der Waals surface area contributed by atoms with Crippen molar-refractivity contribution in [1.82, 2.24) is 10.2 Å². The van der Waals surface area contributed by atoms with E-state index in [0.717, 1.165) is 0 Å². The maximum Gasteiger partial charge on any atom is 0.202 e. The molecule has 0 aliphatic carbocycles. The monoisotopic (exact) mass is 311 g/mol. The Labute approximate surface area is 123 Å². The number of aromatic nitrogens is 2. The third-order valence-corrected chi connectivity index (χ3v) is 3.50. The first-order valence-electron chi connectivity index (χ1n) is 5.61. The molecule has 0 unspecified atom stereocenters. The van der Waals surface area contributed by atoms with Gasteiger partial charge in [-0.15, -0.1) is 0 Å². The molecule has 1 aromatic carbocycles. The Kier molecular flexibility index (Phi) is 3.16. The molecule has 0 saturated heterocycles. The number of nitrogens with two attached hydrogens (primary N) is 1. The maximum absolute atomic E-state index is 14.1. The molecule has 3 N–H and O–H groups in total. The predicted molar refractivity (Wildman–Crippen MR) is 76.1 cm³/mol. The van der Waals surface area contributed by atoms with Gasteiger partial charge in [-0.25, -0.2) is 4.39 Å². The minimum Gasteiger partial charge on any atom is -0.452 e.